The molecule has 0 amide bonds. The van der Waals surface area contributed by atoms with Gasteiger partial charge in [0.15, 0.2) is 6.10 Å². The highest BCUT2D eigenvalue weighted by molar-refractivity contribution is 7.46. The van der Waals surface area contributed by atoms with E-state index in [2.05, 4.69) is 18.4 Å². The zero-order valence-electron chi connectivity index (χ0n) is 34.9. The van der Waals surface area contributed by atoms with E-state index in [-0.39, 0.29) is 19.4 Å². The van der Waals surface area contributed by atoms with Gasteiger partial charge in [-0.15, -0.1) is 0 Å². The van der Waals surface area contributed by atoms with Crippen molar-refractivity contribution in [3.63, 3.8) is 0 Å². The van der Waals surface area contributed by atoms with Crippen molar-refractivity contribution in [3.05, 3.63) is 0 Å². The molecular weight excluding hydrogens is 687 g/mol. The molecule has 8 nitrogen and oxygen atoms in total. The Morgan fingerprint density at radius 2 is 0.679 bits per heavy atom. The van der Waals surface area contributed by atoms with Crippen LogP contribution in [-0.2, 0) is 28.2 Å². The molecule has 0 saturated heterocycles. The van der Waals surface area contributed by atoms with Crippen molar-refractivity contribution >= 4 is 19.8 Å². The van der Waals surface area contributed by atoms with Crippen LogP contribution in [0.25, 0.3) is 0 Å². The van der Waals surface area contributed by atoms with Gasteiger partial charge in [-0.05, 0) is 12.8 Å². The maximum absolute atomic E-state index is 12.4. The third-order valence-electron chi connectivity index (χ3n) is 10.4. The highest BCUT2D eigenvalue weighted by Gasteiger charge is 2.23. The molecule has 0 aromatic carbocycles. The van der Waals surface area contributed by atoms with Gasteiger partial charge in [0.25, 0.3) is 0 Å². The number of phosphoric ester groups is 1. The number of rotatable bonds is 43. The fourth-order valence-electron chi connectivity index (χ4n) is 6.96. The second-order valence-corrected chi connectivity index (χ2v) is 17.0. The number of esters is 2. The van der Waals surface area contributed by atoms with Gasteiger partial charge in [0, 0.05) is 12.8 Å². The largest absolute Gasteiger partial charge is 0.469 e. The summed E-state index contributed by atoms with van der Waals surface area (Å²) in [6.45, 7) is 3.72. The van der Waals surface area contributed by atoms with E-state index in [1.165, 1.54) is 186 Å². The van der Waals surface area contributed by atoms with Crippen LogP contribution in [0.1, 0.15) is 251 Å². The number of phosphoric acid groups is 1. The van der Waals surface area contributed by atoms with E-state index >= 15 is 0 Å². The maximum atomic E-state index is 12.4. The molecule has 0 rings (SSSR count). The van der Waals surface area contributed by atoms with E-state index < -0.39 is 32.5 Å². The summed E-state index contributed by atoms with van der Waals surface area (Å²) in [5, 5.41) is 0. The number of ether oxygens (including phenoxy) is 2. The molecule has 2 N–H and O–H groups in total. The van der Waals surface area contributed by atoms with Crippen molar-refractivity contribution in [2.75, 3.05) is 13.2 Å². The highest BCUT2D eigenvalue weighted by atomic mass is 31.2. The highest BCUT2D eigenvalue weighted by Crippen LogP contribution is 2.36. The molecule has 0 aliphatic rings. The van der Waals surface area contributed by atoms with Gasteiger partial charge in [-0.25, -0.2) is 4.57 Å². The Morgan fingerprint density at radius 3 is 0.962 bits per heavy atom. The SMILES string of the molecule is CCCCCCCCCCCCCCCCCCCCCCCCCC(=O)O[C@H](COC(=O)CCCCCCCCCCCCCC)COP(=O)(O)O. The van der Waals surface area contributed by atoms with Crippen LogP contribution in [0, 0.1) is 0 Å². The van der Waals surface area contributed by atoms with E-state index in [1.54, 1.807) is 0 Å². The van der Waals surface area contributed by atoms with E-state index in [0.717, 1.165) is 32.1 Å². The molecule has 0 saturated carbocycles. The minimum absolute atomic E-state index is 0.221. The molecule has 53 heavy (non-hydrogen) atoms. The number of carbonyl (C=O) groups excluding carboxylic acids is 2. The molecule has 0 unspecified atom stereocenters. The number of unbranched alkanes of at least 4 members (excludes halogenated alkanes) is 33. The Labute approximate surface area is 327 Å². The summed E-state index contributed by atoms with van der Waals surface area (Å²) in [5.74, 6) is -0.867. The van der Waals surface area contributed by atoms with Crippen LogP contribution in [0.4, 0.5) is 0 Å². The normalized spacial score (nSPS) is 12.3. The molecule has 0 heterocycles. The molecule has 0 aromatic rings. The van der Waals surface area contributed by atoms with Gasteiger partial charge in [0.1, 0.15) is 6.61 Å². The molecule has 0 aliphatic carbocycles. The summed E-state index contributed by atoms with van der Waals surface area (Å²) >= 11 is 0. The molecule has 0 spiro atoms. The van der Waals surface area contributed by atoms with Gasteiger partial charge in [-0.1, -0.05) is 226 Å². The first-order valence-electron chi connectivity index (χ1n) is 22.8. The van der Waals surface area contributed by atoms with Crippen molar-refractivity contribution in [1.29, 1.82) is 0 Å². The fourth-order valence-corrected chi connectivity index (χ4v) is 7.32. The van der Waals surface area contributed by atoms with Gasteiger partial charge in [0.05, 0.1) is 6.61 Å². The van der Waals surface area contributed by atoms with E-state index in [0.29, 0.717) is 6.42 Å². The number of carbonyl (C=O) groups is 2. The Morgan fingerprint density at radius 1 is 0.415 bits per heavy atom. The van der Waals surface area contributed by atoms with Crippen LogP contribution in [0.15, 0.2) is 0 Å². The van der Waals surface area contributed by atoms with Crippen LogP contribution < -0.4 is 0 Å². The molecule has 0 aromatic heterocycles. The van der Waals surface area contributed by atoms with Gasteiger partial charge in [-0.2, -0.15) is 0 Å². The molecule has 316 valence electrons. The standard InChI is InChI=1S/C44H87O8P/c1-3-5-7-9-11-13-15-17-18-19-20-21-22-23-24-25-26-27-29-31-33-35-37-39-44(46)52-42(41-51-53(47,48)49)40-50-43(45)38-36-34-32-30-28-16-14-12-10-8-6-4-2/h42H,3-41H2,1-2H3,(H2,47,48,49)/t42-/m1/s1. The van der Waals surface area contributed by atoms with E-state index in [4.69, 9.17) is 19.3 Å². The predicted molar refractivity (Wildman–Crippen MR) is 221 cm³/mol. The molecule has 0 aliphatic heterocycles. The zero-order valence-corrected chi connectivity index (χ0v) is 35.8. The summed E-state index contributed by atoms with van der Waals surface area (Å²) in [6.07, 6.45) is 44.1. The van der Waals surface area contributed by atoms with Crippen LogP contribution in [0.5, 0.6) is 0 Å². The lowest BCUT2D eigenvalue weighted by atomic mass is 10.0. The topological polar surface area (TPSA) is 119 Å². The fraction of sp³-hybridized carbons (Fsp3) is 0.955. The number of hydrogen-bond acceptors (Lipinski definition) is 6. The Bertz CT molecular complexity index is 832. The smallest absolute Gasteiger partial charge is 0.462 e. The average Bonchev–Trinajstić information content (AvgIpc) is 3.13. The van der Waals surface area contributed by atoms with Gasteiger partial charge >= 0.3 is 19.8 Å². The molecule has 1 atom stereocenters. The Hall–Kier alpha value is -0.950. The molecular formula is C44H87O8P. The lowest BCUT2D eigenvalue weighted by Gasteiger charge is -2.18. The van der Waals surface area contributed by atoms with E-state index in [9.17, 15) is 14.2 Å². The Balaban J connectivity index is 3.76. The summed E-state index contributed by atoms with van der Waals surface area (Å²) in [5.41, 5.74) is 0. The summed E-state index contributed by atoms with van der Waals surface area (Å²) in [6, 6.07) is 0. The van der Waals surface area contributed by atoms with Crippen LogP contribution >= 0.6 is 7.82 Å². The van der Waals surface area contributed by atoms with Gasteiger partial charge < -0.3 is 19.3 Å². The zero-order chi connectivity index (χ0) is 38.9. The van der Waals surface area contributed by atoms with Crippen molar-refractivity contribution in [2.24, 2.45) is 0 Å². The first-order chi connectivity index (χ1) is 25.8. The molecule has 0 fully saturated rings. The van der Waals surface area contributed by atoms with Crippen molar-refractivity contribution in [2.45, 2.75) is 258 Å². The van der Waals surface area contributed by atoms with Crippen molar-refractivity contribution in [3.8, 4) is 0 Å². The second-order valence-electron chi connectivity index (χ2n) is 15.7. The maximum Gasteiger partial charge on any atom is 0.469 e. The third-order valence-corrected chi connectivity index (χ3v) is 10.9. The van der Waals surface area contributed by atoms with E-state index in [1.807, 2.05) is 0 Å². The summed E-state index contributed by atoms with van der Waals surface area (Å²) < 4.78 is 26.4. The first-order valence-corrected chi connectivity index (χ1v) is 24.4. The Kier molecular flexibility index (Phi) is 40.0. The van der Waals surface area contributed by atoms with Crippen molar-refractivity contribution < 1.29 is 37.9 Å². The van der Waals surface area contributed by atoms with Crippen LogP contribution in [0.2, 0.25) is 0 Å². The number of hydrogen-bond donors (Lipinski definition) is 2. The van der Waals surface area contributed by atoms with Crippen molar-refractivity contribution in [1.82, 2.24) is 0 Å². The monoisotopic (exact) mass is 775 g/mol. The summed E-state index contributed by atoms with van der Waals surface area (Å²) in [7, 11) is -4.75. The predicted octanol–water partition coefficient (Wildman–Crippen LogP) is 14.0. The first kappa shape index (κ1) is 52.0. The third kappa shape index (κ3) is 43.6. The molecule has 9 heteroatoms. The molecule has 0 radical (unpaired) electrons. The quantitative estimate of drug-likeness (QED) is 0.0357. The summed E-state index contributed by atoms with van der Waals surface area (Å²) in [4.78, 5) is 42.9. The minimum Gasteiger partial charge on any atom is -0.462 e. The lowest BCUT2D eigenvalue weighted by molar-refractivity contribution is -0.161. The van der Waals surface area contributed by atoms with Crippen LogP contribution in [-0.4, -0.2) is 41.0 Å². The van der Waals surface area contributed by atoms with Crippen LogP contribution in [0.3, 0.4) is 0 Å². The second kappa shape index (κ2) is 40.7. The molecule has 0 bridgehead atoms. The minimum atomic E-state index is -4.75. The average molecular weight is 775 g/mol. The van der Waals surface area contributed by atoms with Gasteiger partial charge in [-0.3, -0.25) is 14.1 Å². The van der Waals surface area contributed by atoms with Gasteiger partial charge in [0.2, 0.25) is 0 Å². The lowest BCUT2D eigenvalue weighted by Crippen LogP contribution is -2.29.